The van der Waals surface area contributed by atoms with Gasteiger partial charge in [0.05, 0.1) is 6.61 Å². The number of hydrogen-bond donors (Lipinski definition) is 0. The Kier molecular flexibility index (Phi) is 2.53. The van der Waals surface area contributed by atoms with Gasteiger partial charge in [0.15, 0.2) is 0 Å². The molecule has 1 rings (SSSR count). The molecule has 0 atom stereocenters. The summed E-state index contributed by atoms with van der Waals surface area (Å²) in [6, 6.07) is 1.94. The van der Waals surface area contributed by atoms with Crippen molar-refractivity contribution in [2.45, 2.75) is 20.8 Å². The van der Waals surface area contributed by atoms with Crippen molar-refractivity contribution in [1.29, 1.82) is 0 Å². The molecule has 0 aliphatic rings. The number of hydrogen-bond acceptors (Lipinski definition) is 2. The highest BCUT2D eigenvalue weighted by Gasteiger charge is 2.07. The molecule has 0 fully saturated rings. The third-order valence-electron chi connectivity index (χ3n) is 1.61. The van der Waals surface area contributed by atoms with Crippen molar-refractivity contribution in [3.8, 4) is 0 Å². The minimum absolute atomic E-state index is 0.303. The van der Waals surface area contributed by atoms with Crippen molar-refractivity contribution < 1.29 is 9.53 Å². The molecule has 1 aromatic heterocycles. The van der Waals surface area contributed by atoms with Crippen LogP contribution in [0, 0.1) is 13.8 Å². The van der Waals surface area contributed by atoms with Crippen LogP contribution in [0.5, 0.6) is 0 Å². The van der Waals surface area contributed by atoms with Gasteiger partial charge >= 0.3 is 6.09 Å². The number of ether oxygens (including phenoxy) is 1. The van der Waals surface area contributed by atoms with E-state index in [4.69, 9.17) is 4.74 Å². The van der Waals surface area contributed by atoms with E-state index < -0.39 is 0 Å². The van der Waals surface area contributed by atoms with Crippen molar-refractivity contribution >= 4 is 6.09 Å². The van der Waals surface area contributed by atoms with Crippen LogP contribution in [0.15, 0.2) is 12.3 Å². The molecule has 0 aliphatic carbocycles. The van der Waals surface area contributed by atoms with Crippen molar-refractivity contribution in [3.63, 3.8) is 0 Å². The second kappa shape index (κ2) is 3.43. The second-order valence-electron chi connectivity index (χ2n) is 2.73. The monoisotopic (exact) mass is 167 g/mol. The SMILES string of the molecule is CCOC(=O)n1cc(C)cc1C. The average Bonchev–Trinajstić information content (AvgIpc) is 2.30. The number of rotatable bonds is 1. The van der Waals surface area contributed by atoms with E-state index in [1.807, 2.05) is 19.9 Å². The summed E-state index contributed by atoms with van der Waals surface area (Å²) in [6.45, 7) is 6.03. The molecular weight excluding hydrogens is 154 g/mol. The average molecular weight is 167 g/mol. The van der Waals surface area contributed by atoms with Crippen LogP contribution in [0.2, 0.25) is 0 Å². The van der Waals surface area contributed by atoms with Gasteiger partial charge in [0.1, 0.15) is 0 Å². The third-order valence-corrected chi connectivity index (χ3v) is 1.61. The quantitative estimate of drug-likeness (QED) is 0.641. The van der Waals surface area contributed by atoms with Gasteiger partial charge in [0, 0.05) is 11.9 Å². The van der Waals surface area contributed by atoms with Gasteiger partial charge in [-0.25, -0.2) is 4.79 Å². The van der Waals surface area contributed by atoms with Crippen LogP contribution in [0.1, 0.15) is 18.2 Å². The molecular formula is C9H13NO2. The first-order valence-corrected chi connectivity index (χ1v) is 3.98. The molecule has 0 saturated carbocycles. The highest BCUT2D eigenvalue weighted by atomic mass is 16.5. The van der Waals surface area contributed by atoms with Crippen molar-refractivity contribution in [2.75, 3.05) is 6.61 Å². The Hall–Kier alpha value is -1.25. The Bertz CT molecular complexity index is 289. The summed E-state index contributed by atoms with van der Waals surface area (Å²) in [5, 5.41) is 0. The first kappa shape index (κ1) is 8.84. The molecule has 0 amide bonds. The lowest BCUT2D eigenvalue weighted by atomic mass is 10.4. The zero-order valence-corrected chi connectivity index (χ0v) is 7.63. The first-order valence-electron chi connectivity index (χ1n) is 3.98. The van der Waals surface area contributed by atoms with Crippen molar-refractivity contribution in [2.24, 2.45) is 0 Å². The fourth-order valence-corrected chi connectivity index (χ4v) is 1.13. The minimum atomic E-state index is -0.303. The van der Waals surface area contributed by atoms with Crippen LogP contribution < -0.4 is 0 Å². The predicted octanol–water partition coefficient (Wildman–Crippen LogP) is 2.11. The summed E-state index contributed by atoms with van der Waals surface area (Å²) in [6.07, 6.45) is 1.47. The molecule has 0 bridgehead atoms. The lowest BCUT2D eigenvalue weighted by Gasteiger charge is -2.03. The summed E-state index contributed by atoms with van der Waals surface area (Å²) >= 11 is 0. The van der Waals surface area contributed by atoms with E-state index in [0.29, 0.717) is 6.61 Å². The van der Waals surface area contributed by atoms with Gasteiger partial charge in [0.2, 0.25) is 0 Å². The van der Waals surface area contributed by atoms with Gasteiger partial charge in [-0.2, -0.15) is 0 Å². The van der Waals surface area contributed by atoms with Gasteiger partial charge < -0.3 is 4.74 Å². The van der Waals surface area contributed by atoms with Crippen LogP contribution in [-0.2, 0) is 4.74 Å². The highest BCUT2D eigenvalue weighted by Crippen LogP contribution is 2.06. The van der Waals surface area contributed by atoms with Gasteiger partial charge in [-0.05, 0) is 32.4 Å². The molecule has 0 aliphatic heterocycles. The van der Waals surface area contributed by atoms with E-state index in [0.717, 1.165) is 11.3 Å². The second-order valence-corrected chi connectivity index (χ2v) is 2.73. The summed E-state index contributed by atoms with van der Waals surface area (Å²) in [5.41, 5.74) is 1.98. The largest absolute Gasteiger partial charge is 0.449 e. The Morgan fingerprint density at radius 2 is 2.25 bits per heavy atom. The van der Waals surface area contributed by atoms with Gasteiger partial charge in [-0.3, -0.25) is 4.57 Å². The van der Waals surface area contributed by atoms with E-state index >= 15 is 0 Å². The van der Waals surface area contributed by atoms with E-state index in [9.17, 15) is 4.79 Å². The molecule has 1 heterocycles. The Morgan fingerprint density at radius 1 is 1.58 bits per heavy atom. The Labute approximate surface area is 72.0 Å². The standard InChI is InChI=1S/C9H13NO2/c1-4-12-9(11)10-6-7(2)5-8(10)3/h5-6H,4H2,1-3H3. The minimum Gasteiger partial charge on any atom is -0.449 e. The summed E-state index contributed by atoms with van der Waals surface area (Å²) in [7, 11) is 0. The zero-order valence-electron chi connectivity index (χ0n) is 7.63. The smallest absolute Gasteiger partial charge is 0.418 e. The molecule has 1 aromatic rings. The maximum Gasteiger partial charge on any atom is 0.418 e. The van der Waals surface area contributed by atoms with Crippen LogP contribution in [0.3, 0.4) is 0 Å². The van der Waals surface area contributed by atoms with Crippen LogP contribution in [0.4, 0.5) is 4.79 Å². The number of aromatic nitrogens is 1. The molecule has 0 aromatic carbocycles. The summed E-state index contributed by atoms with van der Waals surface area (Å²) < 4.78 is 6.36. The molecule has 12 heavy (non-hydrogen) atoms. The predicted molar refractivity (Wildman–Crippen MR) is 46.3 cm³/mol. The van der Waals surface area contributed by atoms with E-state index in [2.05, 4.69) is 0 Å². The highest BCUT2D eigenvalue weighted by molar-refractivity contribution is 5.71. The van der Waals surface area contributed by atoms with E-state index in [-0.39, 0.29) is 6.09 Å². The zero-order chi connectivity index (χ0) is 9.14. The molecule has 3 nitrogen and oxygen atoms in total. The molecule has 3 heteroatoms. The van der Waals surface area contributed by atoms with Crippen LogP contribution in [-0.4, -0.2) is 17.3 Å². The Balaban J connectivity index is 2.87. The van der Waals surface area contributed by atoms with Crippen LogP contribution in [0.25, 0.3) is 0 Å². The molecule has 0 saturated heterocycles. The topological polar surface area (TPSA) is 31.2 Å². The van der Waals surface area contributed by atoms with Gasteiger partial charge in [-0.15, -0.1) is 0 Å². The third kappa shape index (κ3) is 1.67. The van der Waals surface area contributed by atoms with Gasteiger partial charge in [0.25, 0.3) is 0 Å². The summed E-state index contributed by atoms with van der Waals surface area (Å²) in [5.74, 6) is 0. The van der Waals surface area contributed by atoms with E-state index in [1.165, 1.54) is 4.57 Å². The van der Waals surface area contributed by atoms with Gasteiger partial charge in [-0.1, -0.05) is 0 Å². The summed E-state index contributed by atoms with van der Waals surface area (Å²) in [4.78, 5) is 11.2. The first-order chi connectivity index (χ1) is 5.65. The fraction of sp³-hybridized carbons (Fsp3) is 0.444. The molecule has 66 valence electrons. The number of nitrogens with zero attached hydrogens (tertiary/aromatic N) is 1. The molecule has 0 N–H and O–H groups in total. The normalized spacial score (nSPS) is 9.92. The van der Waals surface area contributed by atoms with Crippen molar-refractivity contribution in [1.82, 2.24) is 4.57 Å². The molecule has 0 unspecified atom stereocenters. The van der Waals surface area contributed by atoms with E-state index in [1.54, 1.807) is 13.1 Å². The lowest BCUT2D eigenvalue weighted by Crippen LogP contribution is -2.13. The lowest BCUT2D eigenvalue weighted by molar-refractivity contribution is 0.153. The molecule has 0 spiro atoms. The maximum absolute atomic E-state index is 11.2. The fourth-order valence-electron chi connectivity index (χ4n) is 1.13. The van der Waals surface area contributed by atoms with Crippen LogP contribution >= 0.6 is 0 Å². The molecule has 0 radical (unpaired) electrons. The number of aryl methyl sites for hydroxylation is 2. The Morgan fingerprint density at radius 3 is 2.67 bits per heavy atom. The number of carbonyl (C=O) groups is 1. The number of carbonyl (C=O) groups excluding carboxylic acids is 1. The van der Waals surface area contributed by atoms with Crippen molar-refractivity contribution in [3.05, 3.63) is 23.5 Å². The maximum atomic E-state index is 11.2.